The second-order valence-electron chi connectivity index (χ2n) is 24.0. The van der Waals surface area contributed by atoms with Gasteiger partial charge in [-0.05, 0) is 111 Å². The third kappa shape index (κ3) is 14.2. The maximum absolute atomic E-state index is 14.7. The minimum Gasteiger partial charge on any atom is -0.376 e. The van der Waals surface area contributed by atoms with Gasteiger partial charge in [-0.15, -0.1) is 0 Å². The van der Waals surface area contributed by atoms with Crippen molar-refractivity contribution < 1.29 is 33.6 Å². The second kappa shape index (κ2) is 25.5. The van der Waals surface area contributed by atoms with Crippen LogP contribution in [0, 0.1) is 10.8 Å². The van der Waals surface area contributed by atoms with Crippen LogP contribution in [0.5, 0.6) is 0 Å². The lowest BCUT2D eigenvalue weighted by Gasteiger charge is -2.44. The van der Waals surface area contributed by atoms with E-state index < -0.39 is 41.0 Å². The van der Waals surface area contributed by atoms with Gasteiger partial charge < -0.3 is 51.5 Å². The maximum Gasteiger partial charge on any atom is 0.246 e. The Hall–Kier alpha value is -6.59. The molecule has 0 radical (unpaired) electrons. The summed E-state index contributed by atoms with van der Waals surface area (Å²) in [6, 6.07) is 18.8. The average Bonchev–Trinajstić information content (AvgIpc) is 3.47. The molecule has 0 aromatic heterocycles. The lowest BCUT2D eigenvalue weighted by molar-refractivity contribution is -0.152. The van der Waals surface area contributed by atoms with E-state index in [-0.39, 0.29) is 112 Å². The standard InChI is InChI=1S/C61H86N10O7/c1-38(62-10)39(2)64-53(60(4,5)6)58(77)70-32-30-68(36-49(70)56(75)65-47-24-16-20-43-18-12-14-22-45(43)47)51(72)34-41-26-28-42(29-27-41)35-52(73)69-31-33-71(59(78)54(61(7,8)9)67-55(74)40(3)63-11)50(37-69)57(76)66-48-25-17-21-44-19-13-15-23-46(44)48/h12-15,18-19,22-23,26-29,38,40,47-50,53-54,62-64H,2,16-17,20-21,24-25,30-37H2,1,3-11H3,(H,65,75)(H,66,76)(H,67,74)/t38-,40-,47+,48+,49-,50-,53+,54+/m0/s1. The van der Waals surface area contributed by atoms with Gasteiger partial charge in [-0.2, -0.15) is 0 Å². The number of rotatable bonds is 17. The summed E-state index contributed by atoms with van der Waals surface area (Å²) in [5, 5.41) is 18.9. The summed E-state index contributed by atoms with van der Waals surface area (Å²) in [5.41, 5.74) is 5.35. The van der Waals surface area contributed by atoms with E-state index in [9.17, 15) is 33.6 Å². The van der Waals surface area contributed by atoms with Gasteiger partial charge in [-0.25, -0.2) is 0 Å². The van der Waals surface area contributed by atoms with Crippen LogP contribution in [0.4, 0.5) is 0 Å². The number of hydrogen-bond acceptors (Lipinski definition) is 10. The predicted octanol–water partition coefficient (Wildman–Crippen LogP) is 4.50. The van der Waals surface area contributed by atoms with Crippen molar-refractivity contribution in [2.45, 2.75) is 155 Å². The molecule has 2 saturated heterocycles. The van der Waals surface area contributed by atoms with E-state index >= 15 is 0 Å². The first kappa shape index (κ1) is 59.1. The van der Waals surface area contributed by atoms with Crippen molar-refractivity contribution in [2.24, 2.45) is 10.8 Å². The normalized spacial score (nSPS) is 21.2. The van der Waals surface area contributed by atoms with E-state index in [1.807, 2.05) is 116 Å². The van der Waals surface area contributed by atoms with E-state index in [4.69, 9.17) is 0 Å². The van der Waals surface area contributed by atoms with Gasteiger partial charge in [0.2, 0.25) is 41.4 Å². The molecule has 422 valence electrons. The fourth-order valence-corrected chi connectivity index (χ4v) is 11.2. The van der Waals surface area contributed by atoms with E-state index in [1.165, 1.54) is 16.0 Å². The lowest BCUT2D eigenvalue weighted by atomic mass is 9.84. The average molecular weight is 1070 g/mol. The van der Waals surface area contributed by atoms with Gasteiger partial charge in [0.05, 0.1) is 44.1 Å². The Morgan fingerprint density at radius 3 is 1.36 bits per heavy atom. The Morgan fingerprint density at radius 1 is 0.564 bits per heavy atom. The highest BCUT2D eigenvalue weighted by Gasteiger charge is 2.46. The Morgan fingerprint density at radius 2 is 0.962 bits per heavy atom. The lowest BCUT2D eigenvalue weighted by Crippen LogP contribution is -2.66. The van der Waals surface area contributed by atoms with Crippen LogP contribution >= 0.6 is 0 Å². The SMILES string of the molecule is C=C(N[C@H](C(=O)N1CCN(C(=O)Cc2ccc(CC(=O)N3CCN(C(=O)[C@@H](NC(=O)[C@H](C)NC)C(C)(C)C)[C@H](C(=O)N[C@@H]4CCCc5ccccc54)C3)cc2)C[C@H]1C(=O)N[C@@H]1CCCc2ccccc21)C(C)(C)C)[C@H](C)NC. The Bertz CT molecular complexity index is 2500. The third-order valence-electron chi connectivity index (χ3n) is 16.4. The smallest absolute Gasteiger partial charge is 0.246 e. The number of aryl methyl sites for hydroxylation is 2. The predicted molar refractivity (Wildman–Crippen MR) is 302 cm³/mol. The van der Waals surface area contributed by atoms with Crippen molar-refractivity contribution in [2.75, 3.05) is 53.4 Å². The summed E-state index contributed by atoms with van der Waals surface area (Å²) in [7, 11) is 3.50. The highest BCUT2D eigenvalue weighted by molar-refractivity contribution is 5.95. The van der Waals surface area contributed by atoms with Crippen LogP contribution in [0.2, 0.25) is 0 Å². The molecular formula is C61H86N10O7. The zero-order chi connectivity index (χ0) is 56.6. The number of hydrogen-bond donors (Lipinski definition) is 6. The first-order chi connectivity index (χ1) is 37.0. The zero-order valence-corrected chi connectivity index (χ0v) is 47.8. The van der Waals surface area contributed by atoms with Crippen LogP contribution < -0.4 is 31.9 Å². The molecule has 7 rings (SSSR count). The molecule has 0 bridgehead atoms. The highest BCUT2D eigenvalue weighted by atomic mass is 16.2. The summed E-state index contributed by atoms with van der Waals surface area (Å²) < 4.78 is 0. The van der Waals surface area contributed by atoms with Crippen LogP contribution in [0.1, 0.15) is 127 Å². The summed E-state index contributed by atoms with van der Waals surface area (Å²) in [5.74, 6) is -2.02. The van der Waals surface area contributed by atoms with E-state index in [1.54, 1.807) is 28.7 Å². The van der Waals surface area contributed by atoms with Crippen molar-refractivity contribution >= 4 is 41.4 Å². The molecule has 4 aliphatic rings. The molecule has 3 aromatic carbocycles. The molecule has 0 spiro atoms. The molecule has 0 unspecified atom stereocenters. The van der Waals surface area contributed by atoms with Gasteiger partial charge >= 0.3 is 0 Å². The molecule has 2 heterocycles. The minimum atomic E-state index is -1.01. The Balaban J connectivity index is 1.04. The number of nitrogens with zero attached hydrogens (tertiary/aromatic N) is 4. The van der Waals surface area contributed by atoms with Gasteiger partial charge in [0.15, 0.2) is 0 Å². The van der Waals surface area contributed by atoms with E-state index in [2.05, 4.69) is 50.6 Å². The largest absolute Gasteiger partial charge is 0.376 e. The number of fused-ring (bicyclic) bond motifs is 2. The summed E-state index contributed by atoms with van der Waals surface area (Å²) >= 11 is 0. The molecule has 2 fully saturated rings. The van der Waals surface area contributed by atoms with Crippen molar-refractivity contribution in [3.63, 3.8) is 0 Å². The van der Waals surface area contributed by atoms with Crippen LogP contribution in [0.3, 0.4) is 0 Å². The van der Waals surface area contributed by atoms with Crippen LogP contribution in [0.25, 0.3) is 0 Å². The molecule has 6 N–H and O–H groups in total. The molecule has 17 heteroatoms. The van der Waals surface area contributed by atoms with Crippen molar-refractivity contribution in [3.05, 3.63) is 118 Å². The second-order valence-corrected chi connectivity index (χ2v) is 24.0. The molecule has 7 amide bonds. The fourth-order valence-electron chi connectivity index (χ4n) is 11.2. The van der Waals surface area contributed by atoms with Crippen molar-refractivity contribution in [1.29, 1.82) is 0 Å². The first-order valence-corrected chi connectivity index (χ1v) is 28.1. The third-order valence-corrected chi connectivity index (χ3v) is 16.4. The molecule has 3 aromatic rings. The van der Waals surface area contributed by atoms with Gasteiger partial charge in [0.1, 0.15) is 24.2 Å². The molecule has 8 atom stereocenters. The topological polar surface area (TPSA) is 205 Å². The molecule has 17 nitrogen and oxygen atoms in total. The Labute approximate surface area is 462 Å². The zero-order valence-electron chi connectivity index (χ0n) is 47.8. The van der Waals surface area contributed by atoms with Gasteiger partial charge in [-0.3, -0.25) is 33.6 Å². The van der Waals surface area contributed by atoms with Gasteiger partial charge in [0, 0.05) is 37.9 Å². The number of piperazine rings is 2. The summed E-state index contributed by atoms with van der Waals surface area (Å²) in [6.45, 7) is 20.1. The van der Waals surface area contributed by atoms with E-state index in [0.29, 0.717) is 11.3 Å². The van der Waals surface area contributed by atoms with Crippen LogP contribution in [-0.2, 0) is 59.2 Å². The number of likely N-dealkylation sites (N-methyl/N-ethyl adjacent to an activating group) is 2. The van der Waals surface area contributed by atoms with Gasteiger partial charge in [0.25, 0.3) is 0 Å². The van der Waals surface area contributed by atoms with Crippen molar-refractivity contribution in [3.8, 4) is 0 Å². The fraction of sp³-hybridized carbons (Fsp3) is 0.557. The molecule has 2 aliphatic carbocycles. The molecule has 78 heavy (non-hydrogen) atoms. The molecular weight excluding hydrogens is 985 g/mol. The number of carbonyl (C=O) groups is 7. The minimum absolute atomic E-state index is 0.0228. The number of nitrogens with one attached hydrogen (secondary N) is 6. The summed E-state index contributed by atoms with van der Waals surface area (Å²) in [6.07, 6.45) is 5.24. The number of amides is 7. The number of benzene rings is 3. The summed E-state index contributed by atoms with van der Waals surface area (Å²) in [4.78, 5) is 107. The maximum atomic E-state index is 14.7. The van der Waals surface area contributed by atoms with E-state index in [0.717, 1.165) is 55.2 Å². The van der Waals surface area contributed by atoms with Gasteiger partial charge in [-0.1, -0.05) is 121 Å². The van der Waals surface area contributed by atoms with Crippen LogP contribution in [-0.4, -0.2) is 151 Å². The first-order valence-electron chi connectivity index (χ1n) is 28.1. The molecule has 0 saturated carbocycles. The highest BCUT2D eigenvalue weighted by Crippen LogP contribution is 2.33. The molecule has 2 aliphatic heterocycles. The van der Waals surface area contributed by atoms with Crippen LogP contribution in [0.15, 0.2) is 85.1 Å². The Kier molecular flexibility index (Phi) is 19.3. The number of carbonyl (C=O) groups excluding carboxylic acids is 7. The van der Waals surface area contributed by atoms with Crippen molar-refractivity contribution in [1.82, 2.24) is 51.5 Å². The quantitative estimate of drug-likeness (QED) is 0.112. The monoisotopic (exact) mass is 1070 g/mol.